The lowest BCUT2D eigenvalue weighted by Gasteiger charge is -2.13. The third-order valence-corrected chi connectivity index (χ3v) is 3.81. The minimum Gasteiger partial charge on any atom is -0.459 e. The van der Waals surface area contributed by atoms with Crippen molar-refractivity contribution in [1.82, 2.24) is 9.97 Å². The smallest absolute Gasteiger partial charge is 0.291 e. The Hall–Kier alpha value is -2.66. The zero-order valence-corrected chi connectivity index (χ0v) is 13.8. The second kappa shape index (κ2) is 7.27. The number of hydrogen-bond acceptors (Lipinski definition) is 4. The van der Waals surface area contributed by atoms with Crippen molar-refractivity contribution in [3.8, 4) is 0 Å². The molecule has 0 aliphatic rings. The van der Waals surface area contributed by atoms with Gasteiger partial charge >= 0.3 is 0 Å². The molecule has 0 unspecified atom stereocenters. The van der Waals surface area contributed by atoms with E-state index in [1.165, 1.54) is 12.5 Å². The summed E-state index contributed by atoms with van der Waals surface area (Å²) in [5, 5.41) is 3.22. The molecule has 1 N–H and O–H groups in total. The van der Waals surface area contributed by atoms with Crippen LogP contribution in [-0.4, -0.2) is 15.9 Å². The van der Waals surface area contributed by atoms with Gasteiger partial charge in [0.15, 0.2) is 5.76 Å². The molecule has 1 amide bonds. The van der Waals surface area contributed by atoms with Gasteiger partial charge in [-0.2, -0.15) is 0 Å². The molecule has 5 nitrogen and oxygen atoms in total. The van der Waals surface area contributed by atoms with E-state index in [1.54, 1.807) is 18.3 Å². The molecule has 0 spiro atoms. The average molecular weight is 342 g/mol. The number of carbonyl (C=O) groups excluding carboxylic acids is 1. The van der Waals surface area contributed by atoms with Gasteiger partial charge in [-0.1, -0.05) is 30.7 Å². The minimum atomic E-state index is -0.273. The van der Waals surface area contributed by atoms with Crippen LogP contribution in [0.25, 0.3) is 0 Å². The van der Waals surface area contributed by atoms with E-state index in [4.69, 9.17) is 16.0 Å². The predicted molar refractivity (Wildman–Crippen MR) is 92.3 cm³/mol. The van der Waals surface area contributed by atoms with Gasteiger partial charge in [-0.25, -0.2) is 4.98 Å². The van der Waals surface area contributed by atoms with Crippen LogP contribution >= 0.6 is 11.6 Å². The van der Waals surface area contributed by atoms with Gasteiger partial charge in [-0.05, 0) is 42.2 Å². The van der Waals surface area contributed by atoms with Gasteiger partial charge in [0.1, 0.15) is 5.15 Å². The Balaban J connectivity index is 1.71. The lowest BCUT2D eigenvalue weighted by atomic mass is 9.96. The molecule has 0 bridgehead atoms. The maximum atomic E-state index is 12.0. The van der Waals surface area contributed by atoms with Crippen LogP contribution in [0.4, 0.5) is 5.69 Å². The van der Waals surface area contributed by atoms with Crippen molar-refractivity contribution in [2.24, 2.45) is 0 Å². The molecule has 122 valence electrons. The Morgan fingerprint density at radius 1 is 1.29 bits per heavy atom. The molecule has 24 heavy (non-hydrogen) atoms. The topological polar surface area (TPSA) is 68.0 Å². The SMILES string of the molecule is C[C@H](Cc1cncc(Cl)n1)c1cccc(NC(=O)c2ccco2)c1. The fourth-order valence-electron chi connectivity index (χ4n) is 2.43. The normalized spacial score (nSPS) is 11.9. The Kier molecular flexibility index (Phi) is 4.91. The predicted octanol–water partition coefficient (Wildman–Crippen LogP) is 4.32. The summed E-state index contributed by atoms with van der Waals surface area (Å²) in [5.41, 5.74) is 2.65. The van der Waals surface area contributed by atoms with Crippen molar-refractivity contribution in [3.63, 3.8) is 0 Å². The van der Waals surface area contributed by atoms with Crippen molar-refractivity contribution in [2.75, 3.05) is 5.32 Å². The molecule has 2 aromatic heterocycles. The number of furan rings is 1. The van der Waals surface area contributed by atoms with Gasteiger partial charge in [0.25, 0.3) is 5.91 Å². The molecular formula is C18H16ClN3O2. The lowest BCUT2D eigenvalue weighted by molar-refractivity contribution is 0.0996. The number of halogens is 1. The molecule has 1 atom stereocenters. The van der Waals surface area contributed by atoms with Gasteiger partial charge < -0.3 is 9.73 Å². The van der Waals surface area contributed by atoms with Crippen LogP contribution in [0.15, 0.2) is 59.5 Å². The van der Waals surface area contributed by atoms with Crippen molar-refractivity contribution < 1.29 is 9.21 Å². The number of benzene rings is 1. The molecule has 0 aliphatic carbocycles. The van der Waals surface area contributed by atoms with Crippen LogP contribution in [-0.2, 0) is 6.42 Å². The molecule has 0 saturated carbocycles. The summed E-state index contributed by atoms with van der Waals surface area (Å²) in [4.78, 5) is 20.4. The van der Waals surface area contributed by atoms with E-state index in [0.29, 0.717) is 11.6 Å². The van der Waals surface area contributed by atoms with Crippen molar-refractivity contribution in [1.29, 1.82) is 0 Å². The third-order valence-electron chi connectivity index (χ3n) is 3.63. The molecule has 3 rings (SSSR count). The maximum Gasteiger partial charge on any atom is 0.291 e. The Bertz CT molecular complexity index is 834. The van der Waals surface area contributed by atoms with Crippen molar-refractivity contribution >= 4 is 23.2 Å². The summed E-state index contributed by atoms with van der Waals surface area (Å²) in [6.07, 6.45) is 5.41. The Morgan fingerprint density at radius 3 is 2.92 bits per heavy atom. The summed E-state index contributed by atoms with van der Waals surface area (Å²) in [6, 6.07) is 11.0. The summed E-state index contributed by atoms with van der Waals surface area (Å²) >= 11 is 5.88. The fourth-order valence-corrected chi connectivity index (χ4v) is 2.60. The largest absolute Gasteiger partial charge is 0.459 e. The third kappa shape index (κ3) is 4.00. The van der Waals surface area contributed by atoms with Crippen LogP contribution in [0, 0.1) is 0 Å². The van der Waals surface area contributed by atoms with Gasteiger partial charge in [0, 0.05) is 11.9 Å². The monoisotopic (exact) mass is 341 g/mol. The minimum absolute atomic E-state index is 0.207. The first kappa shape index (κ1) is 16.2. The molecule has 0 fully saturated rings. The zero-order valence-electron chi connectivity index (χ0n) is 13.1. The first-order chi connectivity index (χ1) is 11.6. The number of aromatic nitrogens is 2. The zero-order chi connectivity index (χ0) is 16.9. The van der Waals surface area contributed by atoms with E-state index in [-0.39, 0.29) is 17.6 Å². The van der Waals surface area contributed by atoms with Gasteiger partial charge in [0.2, 0.25) is 0 Å². The molecule has 2 heterocycles. The highest BCUT2D eigenvalue weighted by Gasteiger charge is 2.12. The summed E-state index contributed by atoms with van der Waals surface area (Å²) in [7, 11) is 0. The van der Waals surface area contributed by atoms with Crippen molar-refractivity contribution in [3.05, 3.63) is 77.2 Å². The van der Waals surface area contributed by atoms with Crippen LogP contribution in [0.5, 0.6) is 0 Å². The van der Waals surface area contributed by atoms with Gasteiger partial charge in [0.05, 0.1) is 18.2 Å². The fraction of sp³-hybridized carbons (Fsp3) is 0.167. The summed E-state index contributed by atoms with van der Waals surface area (Å²) < 4.78 is 5.10. The molecular weight excluding hydrogens is 326 g/mol. The number of hydrogen-bond donors (Lipinski definition) is 1. The van der Waals surface area contributed by atoms with E-state index < -0.39 is 0 Å². The van der Waals surface area contributed by atoms with E-state index >= 15 is 0 Å². The maximum absolute atomic E-state index is 12.0. The standard InChI is InChI=1S/C18H16ClN3O2/c1-12(8-15-10-20-11-17(19)21-15)13-4-2-5-14(9-13)22-18(23)16-6-3-7-24-16/h2-7,9-12H,8H2,1H3,(H,22,23)/t12-/m1/s1. The number of nitrogens with one attached hydrogen (secondary N) is 1. The second-order valence-corrected chi connectivity index (χ2v) is 5.88. The first-order valence-electron chi connectivity index (χ1n) is 7.53. The van der Waals surface area contributed by atoms with Crippen LogP contribution in [0.2, 0.25) is 5.15 Å². The highest BCUT2D eigenvalue weighted by atomic mass is 35.5. The lowest BCUT2D eigenvalue weighted by Crippen LogP contribution is -2.11. The van der Waals surface area contributed by atoms with Crippen molar-refractivity contribution in [2.45, 2.75) is 19.3 Å². The van der Waals surface area contributed by atoms with Crippen LogP contribution in [0.3, 0.4) is 0 Å². The number of amides is 1. The van der Waals surface area contributed by atoms with Crippen LogP contribution < -0.4 is 5.32 Å². The Labute approximate surface area is 144 Å². The highest BCUT2D eigenvalue weighted by molar-refractivity contribution is 6.29. The van der Waals surface area contributed by atoms with Gasteiger partial charge in [-0.15, -0.1) is 0 Å². The van der Waals surface area contributed by atoms with E-state index in [1.807, 2.05) is 24.3 Å². The van der Waals surface area contributed by atoms with E-state index in [2.05, 4.69) is 22.2 Å². The molecule has 3 aromatic rings. The van der Waals surface area contributed by atoms with E-state index in [9.17, 15) is 4.79 Å². The molecule has 1 aromatic carbocycles. The van der Waals surface area contributed by atoms with Crippen LogP contribution in [0.1, 0.15) is 34.7 Å². The summed E-state index contributed by atoms with van der Waals surface area (Å²) in [6.45, 7) is 2.09. The molecule has 0 saturated heterocycles. The average Bonchev–Trinajstić information content (AvgIpc) is 3.10. The number of nitrogens with zero attached hydrogens (tertiary/aromatic N) is 2. The first-order valence-corrected chi connectivity index (χ1v) is 7.91. The molecule has 6 heteroatoms. The number of rotatable bonds is 5. The molecule has 0 aliphatic heterocycles. The second-order valence-electron chi connectivity index (χ2n) is 5.50. The highest BCUT2D eigenvalue weighted by Crippen LogP contribution is 2.23. The summed E-state index contributed by atoms with van der Waals surface area (Å²) in [5.74, 6) is 0.214. The van der Waals surface area contributed by atoms with E-state index in [0.717, 1.165) is 16.9 Å². The Morgan fingerprint density at radius 2 is 2.17 bits per heavy atom. The number of anilines is 1. The van der Waals surface area contributed by atoms with Gasteiger partial charge in [-0.3, -0.25) is 9.78 Å². The molecule has 0 radical (unpaired) electrons. The number of carbonyl (C=O) groups is 1. The quantitative estimate of drug-likeness (QED) is 0.750.